The van der Waals surface area contributed by atoms with Crippen molar-refractivity contribution in [3.8, 4) is 0 Å². The maximum Gasteiger partial charge on any atom is 0.405 e. The predicted molar refractivity (Wildman–Crippen MR) is 86.2 cm³/mol. The number of nitrogens with one attached hydrogen (secondary N) is 1. The molecule has 1 saturated heterocycles. The number of aliphatic hydroxyl groups excluding tert-OH is 1. The van der Waals surface area contributed by atoms with Crippen LogP contribution < -0.4 is 5.32 Å². The fourth-order valence-electron chi connectivity index (χ4n) is 3.94. The van der Waals surface area contributed by atoms with Crippen molar-refractivity contribution in [2.75, 3.05) is 20.2 Å². The number of likely N-dealkylation sites (tertiary alicyclic amines) is 1. The van der Waals surface area contributed by atoms with Crippen molar-refractivity contribution < 1.29 is 19.8 Å². The van der Waals surface area contributed by atoms with E-state index in [1.807, 2.05) is 0 Å². The van der Waals surface area contributed by atoms with Crippen molar-refractivity contribution in [1.29, 1.82) is 0 Å². The monoisotopic (exact) mass is 327 g/mol. The first-order valence-electron chi connectivity index (χ1n) is 8.47. The fraction of sp³-hybridized carbons (Fsp3) is 0.875. The van der Waals surface area contributed by atoms with Crippen LogP contribution in [0.3, 0.4) is 0 Å². The first-order chi connectivity index (χ1) is 10.8. The van der Waals surface area contributed by atoms with Crippen LogP contribution in [0.5, 0.6) is 0 Å². The average Bonchev–Trinajstić information content (AvgIpc) is 2.86. The van der Waals surface area contributed by atoms with E-state index in [1.54, 1.807) is 4.90 Å². The second-order valence-electron chi connectivity index (χ2n) is 7.06. The zero-order valence-electron chi connectivity index (χ0n) is 14.2. The lowest BCUT2D eigenvalue weighted by molar-refractivity contribution is -0.133. The molecule has 2 aliphatic rings. The molecule has 2 amide bonds. The van der Waals surface area contributed by atoms with Crippen LogP contribution >= 0.6 is 0 Å². The Hall–Kier alpha value is -1.34. The number of nitrogens with zero attached hydrogens (tertiary/aromatic N) is 2. The van der Waals surface area contributed by atoms with Crippen molar-refractivity contribution in [3.05, 3.63) is 0 Å². The molecule has 23 heavy (non-hydrogen) atoms. The van der Waals surface area contributed by atoms with E-state index in [0.29, 0.717) is 25.0 Å². The number of carbonyl (C=O) groups is 2. The molecule has 0 spiro atoms. The summed E-state index contributed by atoms with van der Waals surface area (Å²) in [5.41, 5.74) is 0. The summed E-state index contributed by atoms with van der Waals surface area (Å²) in [5.74, 6) is -0.0889. The van der Waals surface area contributed by atoms with Gasteiger partial charge in [0.2, 0.25) is 5.91 Å². The SMILES string of the molecule is CC(C)N(C)[C@@H]1CC[C@H](N2CC[C@H](NC(=O)O)C2=O)[C@@H](CO)C1. The summed E-state index contributed by atoms with van der Waals surface area (Å²) < 4.78 is 0. The number of aliphatic hydroxyl groups is 1. The third kappa shape index (κ3) is 3.95. The van der Waals surface area contributed by atoms with E-state index in [4.69, 9.17) is 5.11 Å². The summed E-state index contributed by atoms with van der Waals surface area (Å²) in [6.07, 6.45) is 2.08. The van der Waals surface area contributed by atoms with E-state index < -0.39 is 12.1 Å². The number of hydrogen-bond donors (Lipinski definition) is 3. The van der Waals surface area contributed by atoms with Crippen LogP contribution in [0.4, 0.5) is 4.79 Å². The Morgan fingerprint density at radius 1 is 1.39 bits per heavy atom. The summed E-state index contributed by atoms with van der Waals surface area (Å²) in [6, 6.07) is 0.260. The van der Waals surface area contributed by atoms with E-state index in [-0.39, 0.29) is 24.5 Å². The molecule has 1 saturated carbocycles. The number of rotatable bonds is 5. The molecule has 1 heterocycles. The number of hydrogen-bond acceptors (Lipinski definition) is 4. The Kier molecular flexibility index (Phi) is 5.86. The lowest BCUT2D eigenvalue weighted by atomic mass is 9.80. The van der Waals surface area contributed by atoms with Crippen molar-refractivity contribution in [1.82, 2.24) is 15.1 Å². The molecular weight excluding hydrogens is 298 g/mol. The molecule has 7 nitrogen and oxygen atoms in total. The van der Waals surface area contributed by atoms with E-state index in [1.165, 1.54) is 0 Å². The molecule has 1 aliphatic heterocycles. The van der Waals surface area contributed by atoms with Gasteiger partial charge in [0.1, 0.15) is 6.04 Å². The molecule has 0 bridgehead atoms. The predicted octanol–water partition coefficient (Wildman–Crippen LogP) is 0.725. The van der Waals surface area contributed by atoms with E-state index in [0.717, 1.165) is 19.3 Å². The van der Waals surface area contributed by atoms with Gasteiger partial charge in [-0.05, 0) is 46.6 Å². The van der Waals surface area contributed by atoms with Crippen LogP contribution in [0.1, 0.15) is 39.5 Å². The second kappa shape index (κ2) is 7.49. The quantitative estimate of drug-likeness (QED) is 0.692. The summed E-state index contributed by atoms with van der Waals surface area (Å²) in [6.45, 7) is 4.95. The van der Waals surface area contributed by atoms with Crippen molar-refractivity contribution in [2.45, 2.75) is 63.7 Å². The number of carbonyl (C=O) groups excluding carboxylic acids is 1. The van der Waals surface area contributed by atoms with Crippen LogP contribution in [0.25, 0.3) is 0 Å². The molecule has 0 unspecified atom stereocenters. The fourth-order valence-corrected chi connectivity index (χ4v) is 3.94. The van der Waals surface area contributed by atoms with Crippen molar-refractivity contribution >= 4 is 12.0 Å². The van der Waals surface area contributed by atoms with E-state index >= 15 is 0 Å². The lowest BCUT2D eigenvalue weighted by Gasteiger charge is -2.44. The Bertz CT molecular complexity index is 443. The number of carboxylic acid groups (broad SMARTS) is 1. The third-order valence-electron chi connectivity index (χ3n) is 5.48. The maximum atomic E-state index is 12.4. The third-order valence-corrected chi connectivity index (χ3v) is 5.48. The molecule has 2 fully saturated rings. The largest absolute Gasteiger partial charge is 0.465 e. The highest BCUT2D eigenvalue weighted by atomic mass is 16.4. The van der Waals surface area contributed by atoms with Crippen LogP contribution in [0.2, 0.25) is 0 Å². The summed E-state index contributed by atoms with van der Waals surface area (Å²) in [7, 11) is 2.11. The molecule has 132 valence electrons. The van der Waals surface area contributed by atoms with Gasteiger partial charge in [-0.2, -0.15) is 0 Å². The summed E-state index contributed by atoms with van der Waals surface area (Å²) >= 11 is 0. The molecule has 3 N–H and O–H groups in total. The topological polar surface area (TPSA) is 93.1 Å². The molecule has 2 rings (SSSR count). The molecule has 0 aromatic carbocycles. The van der Waals surface area contributed by atoms with Gasteiger partial charge in [-0.25, -0.2) is 4.79 Å². The Balaban J connectivity index is 2.01. The van der Waals surface area contributed by atoms with Crippen LogP contribution in [-0.4, -0.2) is 76.4 Å². The molecule has 0 aromatic rings. The van der Waals surface area contributed by atoms with Crippen LogP contribution in [-0.2, 0) is 4.79 Å². The van der Waals surface area contributed by atoms with Gasteiger partial charge in [-0.3, -0.25) is 4.79 Å². The minimum Gasteiger partial charge on any atom is -0.465 e. The first-order valence-corrected chi connectivity index (χ1v) is 8.47. The van der Waals surface area contributed by atoms with Crippen LogP contribution in [0.15, 0.2) is 0 Å². The summed E-state index contributed by atoms with van der Waals surface area (Å²) in [5, 5.41) is 20.9. The molecule has 0 radical (unpaired) electrons. The summed E-state index contributed by atoms with van der Waals surface area (Å²) in [4.78, 5) is 27.3. The lowest BCUT2D eigenvalue weighted by Crippen LogP contribution is -2.52. The second-order valence-corrected chi connectivity index (χ2v) is 7.06. The Morgan fingerprint density at radius 2 is 2.09 bits per heavy atom. The molecular formula is C16H29N3O4. The molecule has 1 aliphatic carbocycles. The van der Waals surface area contributed by atoms with Gasteiger partial charge in [0.25, 0.3) is 0 Å². The highest BCUT2D eigenvalue weighted by Crippen LogP contribution is 2.33. The molecule has 4 atom stereocenters. The maximum absolute atomic E-state index is 12.4. The van der Waals surface area contributed by atoms with E-state index in [2.05, 4.69) is 31.1 Å². The number of amides is 2. The van der Waals surface area contributed by atoms with Gasteiger partial charge < -0.3 is 25.3 Å². The normalized spacial score (nSPS) is 31.9. The highest BCUT2D eigenvalue weighted by Gasteiger charge is 2.42. The van der Waals surface area contributed by atoms with Crippen molar-refractivity contribution in [3.63, 3.8) is 0 Å². The molecule has 7 heteroatoms. The van der Waals surface area contributed by atoms with Gasteiger partial charge in [-0.1, -0.05) is 0 Å². The minimum absolute atomic E-state index is 0.0184. The Labute approximate surface area is 137 Å². The van der Waals surface area contributed by atoms with Gasteiger partial charge in [0, 0.05) is 37.2 Å². The van der Waals surface area contributed by atoms with E-state index in [9.17, 15) is 14.7 Å². The van der Waals surface area contributed by atoms with Gasteiger partial charge in [-0.15, -0.1) is 0 Å². The van der Waals surface area contributed by atoms with Gasteiger partial charge in [0.15, 0.2) is 0 Å². The zero-order valence-corrected chi connectivity index (χ0v) is 14.2. The average molecular weight is 327 g/mol. The Morgan fingerprint density at radius 3 is 2.65 bits per heavy atom. The standard InChI is InChI=1S/C16H29N3O4/c1-10(2)18(3)12-4-5-14(11(8-12)9-20)19-7-6-13(15(19)21)17-16(22)23/h10-14,17,20H,4-9H2,1-3H3,(H,22,23)/t11-,12-,13+,14+/m1/s1. The smallest absolute Gasteiger partial charge is 0.405 e. The first kappa shape index (κ1) is 18.0. The van der Waals surface area contributed by atoms with Crippen molar-refractivity contribution in [2.24, 2.45) is 5.92 Å². The van der Waals surface area contributed by atoms with Gasteiger partial charge in [0.05, 0.1) is 0 Å². The van der Waals surface area contributed by atoms with Gasteiger partial charge >= 0.3 is 6.09 Å². The van der Waals surface area contributed by atoms with Crippen LogP contribution in [0, 0.1) is 5.92 Å². The highest BCUT2D eigenvalue weighted by molar-refractivity contribution is 5.87. The molecule has 0 aromatic heterocycles. The zero-order chi connectivity index (χ0) is 17.1. The minimum atomic E-state index is -1.16.